The average Bonchev–Trinajstić information content (AvgIpc) is 3.24. The second-order valence-electron chi connectivity index (χ2n) is 17.4. The molecule has 0 aliphatic heterocycles. The van der Waals surface area contributed by atoms with Crippen molar-refractivity contribution >= 4 is 13.7 Å². The molecule has 0 heterocycles. The Morgan fingerprint density at radius 3 is 1.46 bits per heavy atom. The second-order valence-corrected chi connectivity index (χ2v) is 18.9. The Balaban J connectivity index is 4.54. The van der Waals surface area contributed by atoms with Gasteiger partial charge >= 0.3 is 7.82 Å². The van der Waals surface area contributed by atoms with Crippen LogP contribution in [-0.4, -0.2) is 73.4 Å². The van der Waals surface area contributed by atoms with E-state index in [4.69, 9.17) is 9.05 Å². The summed E-state index contributed by atoms with van der Waals surface area (Å²) < 4.78 is 23.6. The Labute approximate surface area is 387 Å². The number of rotatable bonds is 43. The summed E-state index contributed by atoms with van der Waals surface area (Å²) >= 11 is 0. The highest BCUT2D eigenvalue weighted by atomic mass is 31.2. The highest BCUT2D eigenvalue weighted by molar-refractivity contribution is 7.47. The zero-order valence-electron chi connectivity index (χ0n) is 40.8. The van der Waals surface area contributed by atoms with E-state index in [2.05, 4.69) is 116 Å². The van der Waals surface area contributed by atoms with E-state index >= 15 is 0 Å². The molecule has 0 aromatic heterocycles. The molecule has 0 rings (SSSR count). The third-order valence-corrected chi connectivity index (χ3v) is 11.2. The van der Waals surface area contributed by atoms with E-state index in [1.165, 1.54) is 77.0 Å². The van der Waals surface area contributed by atoms with Crippen molar-refractivity contribution < 1.29 is 32.9 Å². The molecule has 0 spiro atoms. The first kappa shape index (κ1) is 60.2. The minimum absolute atomic E-state index is 0.0389. The van der Waals surface area contributed by atoms with Crippen LogP contribution in [0.15, 0.2) is 109 Å². The topological polar surface area (TPSA) is 105 Å². The molecule has 3 atom stereocenters. The lowest BCUT2D eigenvalue weighted by Crippen LogP contribution is -2.45. The number of likely N-dealkylation sites (N-methyl/N-ethyl adjacent to an activating group) is 1. The van der Waals surface area contributed by atoms with Gasteiger partial charge in [0.25, 0.3) is 0 Å². The van der Waals surface area contributed by atoms with Gasteiger partial charge in [0.2, 0.25) is 5.91 Å². The van der Waals surface area contributed by atoms with Crippen molar-refractivity contribution in [2.24, 2.45) is 0 Å². The van der Waals surface area contributed by atoms with Gasteiger partial charge < -0.3 is 19.8 Å². The van der Waals surface area contributed by atoms with Crippen LogP contribution in [0.2, 0.25) is 0 Å². The molecule has 360 valence electrons. The van der Waals surface area contributed by atoms with Gasteiger partial charge in [-0.25, -0.2) is 4.57 Å². The molecule has 0 aliphatic carbocycles. The van der Waals surface area contributed by atoms with Crippen LogP contribution in [0.25, 0.3) is 0 Å². The number of aliphatic hydroxyl groups excluding tert-OH is 1. The van der Waals surface area contributed by atoms with Gasteiger partial charge in [0.15, 0.2) is 0 Å². The van der Waals surface area contributed by atoms with Crippen molar-refractivity contribution in [2.45, 2.75) is 187 Å². The van der Waals surface area contributed by atoms with Crippen molar-refractivity contribution in [2.75, 3.05) is 40.9 Å². The van der Waals surface area contributed by atoms with E-state index < -0.39 is 20.0 Å². The molecule has 1 amide bonds. The summed E-state index contributed by atoms with van der Waals surface area (Å²) in [7, 11) is 1.50. The van der Waals surface area contributed by atoms with Gasteiger partial charge in [-0.1, -0.05) is 194 Å². The van der Waals surface area contributed by atoms with Crippen molar-refractivity contribution in [3.05, 3.63) is 109 Å². The lowest BCUT2D eigenvalue weighted by molar-refractivity contribution is -0.870. The van der Waals surface area contributed by atoms with Crippen LogP contribution < -0.4 is 5.32 Å². The van der Waals surface area contributed by atoms with Crippen LogP contribution in [-0.2, 0) is 18.4 Å². The number of amides is 1. The summed E-state index contributed by atoms with van der Waals surface area (Å²) in [5.41, 5.74) is 0. The number of phosphoric ester groups is 1. The minimum atomic E-state index is -4.37. The summed E-state index contributed by atoms with van der Waals surface area (Å²) in [5.74, 6) is -0.249. The standard InChI is InChI=1S/C54H93N2O6P/c1-6-8-10-12-14-16-18-20-22-24-26-27-28-29-30-32-34-36-38-40-42-44-46-48-54(58)55-52(51-62-63(59,60)61-50-49-56(3,4)5)53(57)47-45-43-41-39-37-35-33-31-25-23-21-19-17-15-13-11-9-7-2/h8,10,14,16,20,22,26-27,29-30,34,36-37,39-40,42,45,47,52-53,57H,6-7,9,11-13,15,17-19,21,23-25,28,31-33,35,38,41,43-44,46,48-51H2,1-5H3,(H-,55,58,59,60)/p+1/b10-8-,16-14-,22-20-,27-26-,30-29-,36-34-,39-37+,42-40-,47-45+. The van der Waals surface area contributed by atoms with Crippen molar-refractivity contribution in [1.82, 2.24) is 5.32 Å². The number of phosphoric acid groups is 1. The third kappa shape index (κ3) is 47.0. The number of carbonyl (C=O) groups excluding carboxylic acids is 1. The predicted molar refractivity (Wildman–Crippen MR) is 272 cm³/mol. The van der Waals surface area contributed by atoms with Crippen molar-refractivity contribution in [1.29, 1.82) is 0 Å². The molecule has 0 bridgehead atoms. The summed E-state index contributed by atoms with van der Waals surface area (Å²) in [6, 6.07) is -0.902. The zero-order chi connectivity index (χ0) is 46.4. The number of hydrogen-bond acceptors (Lipinski definition) is 5. The van der Waals surface area contributed by atoms with E-state index in [0.717, 1.165) is 70.6 Å². The Hall–Kier alpha value is -2.84. The van der Waals surface area contributed by atoms with Crippen LogP contribution in [0.4, 0.5) is 0 Å². The maximum atomic E-state index is 12.9. The molecule has 0 fully saturated rings. The van der Waals surface area contributed by atoms with Gasteiger partial charge in [-0.3, -0.25) is 13.8 Å². The molecular formula is C54H94N2O6P+. The quantitative estimate of drug-likeness (QED) is 0.0244. The Morgan fingerprint density at radius 1 is 0.556 bits per heavy atom. The summed E-state index contributed by atoms with van der Waals surface area (Å²) in [5, 5.41) is 13.8. The SMILES string of the molecule is CC/C=C\C/C=C\C/C=C\C/C=C\C/C=C\C/C=C\C/C=C\CCCC(=O)NC(COP(=O)(O)OCC[N+](C)(C)C)C(O)/C=C/CC/C=C/CCCCCCCCCCCCCC. The summed E-state index contributed by atoms with van der Waals surface area (Å²) in [4.78, 5) is 23.2. The summed E-state index contributed by atoms with van der Waals surface area (Å²) in [6.45, 7) is 4.61. The first-order chi connectivity index (χ1) is 30.5. The molecule has 0 radical (unpaired) electrons. The van der Waals surface area contributed by atoms with Crippen LogP contribution in [0.3, 0.4) is 0 Å². The number of unbranched alkanes of at least 4 members (excludes halogenated alkanes) is 14. The highest BCUT2D eigenvalue weighted by Crippen LogP contribution is 2.43. The third-order valence-electron chi connectivity index (χ3n) is 10.2. The molecule has 8 nitrogen and oxygen atoms in total. The first-order valence-corrected chi connectivity index (χ1v) is 26.3. The lowest BCUT2D eigenvalue weighted by Gasteiger charge is -2.25. The Morgan fingerprint density at radius 2 is 0.968 bits per heavy atom. The largest absolute Gasteiger partial charge is 0.472 e. The van der Waals surface area contributed by atoms with Crippen molar-refractivity contribution in [3.63, 3.8) is 0 Å². The fourth-order valence-electron chi connectivity index (χ4n) is 6.34. The fraction of sp³-hybridized carbons (Fsp3) is 0.648. The normalized spacial score (nSPS) is 15.1. The van der Waals surface area contributed by atoms with Crippen LogP contribution in [0.5, 0.6) is 0 Å². The van der Waals surface area contributed by atoms with E-state index in [0.29, 0.717) is 17.4 Å². The second kappa shape index (κ2) is 44.4. The molecule has 0 aliphatic rings. The van der Waals surface area contributed by atoms with Gasteiger partial charge in [-0.15, -0.1) is 0 Å². The molecule has 3 N–H and O–H groups in total. The molecule has 0 saturated carbocycles. The van der Waals surface area contributed by atoms with E-state index in [9.17, 15) is 19.4 Å². The number of nitrogens with one attached hydrogen (secondary N) is 1. The number of hydrogen-bond donors (Lipinski definition) is 3. The fourth-order valence-corrected chi connectivity index (χ4v) is 7.07. The Kier molecular flexibility index (Phi) is 42.4. The van der Waals surface area contributed by atoms with Gasteiger partial charge in [0, 0.05) is 6.42 Å². The molecule has 0 saturated heterocycles. The molecule has 3 unspecified atom stereocenters. The van der Waals surface area contributed by atoms with E-state index in [1.54, 1.807) is 6.08 Å². The van der Waals surface area contributed by atoms with Crippen molar-refractivity contribution in [3.8, 4) is 0 Å². The van der Waals surface area contributed by atoms with Gasteiger partial charge in [-0.05, 0) is 83.5 Å². The van der Waals surface area contributed by atoms with Crippen LogP contribution in [0.1, 0.15) is 174 Å². The maximum Gasteiger partial charge on any atom is 0.472 e. The molecule has 63 heavy (non-hydrogen) atoms. The van der Waals surface area contributed by atoms with Crippen LogP contribution >= 0.6 is 7.82 Å². The monoisotopic (exact) mass is 898 g/mol. The molecular weight excluding hydrogens is 804 g/mol. The molecule has 9 heteroatoms. The minimum Gasteiger partial charge on any atom is -0.387 e. The number of nitrogens with zero attached hydrogens (tertiary/aromatic N) is 1. The first-order valence-electron chi connectivity index (χ1n) is 24.8. The molecule has 0 aromatic carbocycles. The molecule has 0 aromatic rings. The Bertz CT molecular complexity index is 1390. The average molecular weight is 898 g/mol. The van der Waals surface area contributed by atoms with Crippen LogP contribution in [0, 0.1) is 0 Å². The predicted octanol–water partition coefficient (Wildman–Crippen LogP) is 14.5. The number of quaternary nitrogens is 1. The number of allylic oxidation sites excluding steroid dienone is 17. The number of aliphatic hydroxyl groups is 1. The smallest absolute Gasteiger partial charge is 0.387 e. The van der Waals surface area contributed by atoms with Gasteiger partial charge in [0.1, 0.15) is 13.2 Å². The van der Waals surface area contributed by atoms with E-state index in [1.807, 2.05) is 27.2 Å². The van der Waals surface area contributed by atoms with Gasteiger partial charge in [0.05, 0.1) is 39.9 Å². The zero-order valence-corrected chi connectivity index (χ0v) is 41.7. The van der Waals surface area contributed by atoms with Gasteiger partial charge in [-0.2, -0.15) is 0 Å². The summed E-state index contributed by atoms with van der Waals surface area (Å²) in [6.07, 6.45) is 64.6. The van der Waals surface area contributed by atoms with E-state index in [-0.39, 0.29) is 25.5 Å². The number of carbonyl (C=O) groups is 1. The maximum absolute atomic E-state index is 12.9. The highest BCUT2D eigenvalue weighted by Gasteiger charge is 2.27. The lowest BCUT2D eigenvalue weighted by atomic mass is 10.0.